The van der Waals surface area contributed by atoms with E-state index < -0.39 is 0 Å². The lowest BCUT2D eigenvalue weighted by Gasteiger charge is -2.08. The van der Waals surface area contributed by atoms with Crippen LogP contribution in [0.25, 0.3) is 5.69 Å². The summed E-state index contributed by atoms with van der Waals surface area (Å²) in [6.45, 7) is 1.83. The first-order valence-corrected chi connectivity index (χ1v) is 9.42. The van der Waals surface area contributed by atoms with E-state index in [0.717, 1.165) is 24.2 Å². The number of nitrogens with zero attached hydrogens (tertiary/aromatic N) is 2. The van der Waals surface area contributed by atoms with E-state index in [4.69, 9.17) is 11.6 Å². The number of carbonyl (C=O) groups excluding carboxylic acids is 2. The predicted octanol–water partition coefficient (Wildman–Crippen LogP) is 4.43. The van der Waals surface area contributed by atoms with E-state index >= 15 is 0 Å². The average Bonchev–Trinajstić information content (AvgIpc) is 3.45. The summed E-state index contributed by atoms with van der Waals surface area (Å²) in [5.41, 5.74) is 3.35. The molecule has 0 radical (unpaired) electrons. The van der Waals surface area contributed by atoms with Crippen LogP contribution in [0.5, 0.6) is 0 Å². The number of benzene rings is 2. The molecule has 4 rings (SSSR count). The number of rotatable bonds is 5. The molecule has 0 spiro atoms. The Balaban J connectivity index is 1.46. The highest BCUT2D eigenvalue weighted by atomic mass is 35.5. The standard InChI is InChI=1S/C21H19ClN4O2/c1-13-19(12-23-26(13)18-4-2-3-15(22)11-18)21(28)25-17-9-7-16(8-10-17)24-20(27)14-5-6-14/h2-4,7-12,14H,5-6H2,1H3,(H,24,27)(H,25,28). The van der Waals surface area contributed by atoms with Crippen LogP contribution in [0.4, 0.5) is 11.4 Å². The maximum atomic E-state index is 12.6. The van der Waals surface area contributed by atoms with Crippen LogP contribution in [-0.2, 0) is 4.79 Å². The van der Waals surface area contributed by atoms with Gasteiger partial charge in [-0.25, -0.2) is 4.68 Å². The van der Waals surface area contributed by atoms with Crippen LogP contribution in [-0.4, -0.2) is 21.6 Å². The summed E-state index contributed by atoms with van der Waals surface area (Å²) in [6, 6.07) is 14.4. The van der Waals surface area contributed by atoms with Crippen molar-refractivity contribution in [2.24, 2.45) is 5.92 Å². The van der Waals surface area contributed by atoms with E-state index in [1.165, 1.54) is 6.20 Å². The van der Waals surface area contributed by atoms with Gasteiger partial charge in [-0.15, -0.1) is 0 Å². The van der Waals surface area contributed by atoms with Gasteiger partial charge in [-0.2, -0.15) is 5.10 Å². The summed E-state index contributed by atoms with van der Waals surface area (Å²) in [4.78, 5) is 24.4. The van der Waals surface area contributed by atoms with Crippen LogP contribution in [0.1, 0.15) is 28.9 Å². The zero-order valence-electron chi connectivity index (χ0n) is 15.3. The van der Waals surface area contributed by atoms with Crippen LogP contribution in [0.3, 0.4) is 0 Å². The maximum absolute atomic E-state index is 12.6. The van der Waals surface area contributed by atoms with Crippen LogP contribution in [0.2, 0.25) is 5.02 Å². The molecular formula is C21H19ClN4O2. The number of amides is 2. The quantitative estimate of drug-likeness (QED) is 0.671. The van der Waals surface area contributed by atoms with Gasteiger partial charge in [0.2, 0.25) is 5.91 Å². The molecule has 2 amide bonds. The summed E-state index contributed by atoms with van der Waals surface area (Å²) in [5, 5.41) is 10.6. The highest BCUT2D eigenvalue weighted by Gasteiger charge is 2.29. The van der Waals surface area contributed by atoms with Crippen molar-refractivity contribution in [2.75, 3.05) is 10.6 Å². The molecule has 1 aromatic heterocycles. The van der Waals surface area contributed by atoms with E-state index in [1.54, 1.807) is 41.1 Å². The monoisotopic (exact) mass is 394 g/mol. The van der Waals surface area contributed by atoms with Crippen molar-refractivity contribution >= 4 is 34.8 Å². The van der Waals surface area contributed by atoms with Crippen molar-refractivity contribution in [3.8, 4) is 5.69 Å². The van der Waals surface area contributed by atoms with Crippen LogP contribution >= 0.6 is 11.6 Å². The maximum Gasteiger partial charge on any atom is 0.259 e. The van der Waals surface area contributed by atoms with Gasteiger partial charge in [0.25, 0.3) is 5.91 Å². The van der Waals surface area contributed by atoms with Gasteiger partial charge in [-0.1, -0.05) is 17.7 Å². The van der Waals surface area contributed by atoms with E-state index in [1.807, 2.05) is 19.1 Å². The first-order valence-electron chi connectivity index (χ1n) is 9.04. The van der Waals surface area contributed by atoms with Crippen molar-refractivity contribution in [2.45, 2.75) is 19.8 Å². The molecule has 0 bridgehead atoms. The second-order valence-corrected chi connectivity index (χ2v) is 7.27. The first-order chi connectivity index (χ1) is 13.5. The van der Waals surface area contributed by atoms with Crippen molar-refractivity contribution in [1.29, 1.82) is 0 Å². The van der Waals surface area contributed by atoms with Gasteiger partial charge in [-0.3, -0.25) is 9.59 Å². The number of hydrogen-bond donors (Lipinski definition) is 2. The van der Waals surface area contributed by atoms with E-state index in [-0.39, 0.29) is 17.7 Å². The first kappa shape index (κ1) is 18.3. The van der Waals surface area contributed by atoms with Crippen LogP contribution < -0.4 is 10.6 Å². The summed E-state index contributed by atoms with van der Waals surface area (Å²) < 4.78 is 1.68. The van der Waals surface area contributed by atoms with Gasteiger partial charge in [0, 0.05) is 22.3 Å². The fraction of sp³-hybridized carbons (Fsp3) is 0.190. The topological polar surface area (TPSA) is 76.0 Å². The minimum absolute atomic E-state index is 0.0563. The van der Waals surface area contributed by atoms with Crippen LogP contribution in [0, 0.1) is 12.8 Å². The average molecular weight is 395 g/mol. The molecule has 142 valence electrons. The lowest BCUT2D eigenvalue weighted by molar-refractivity contribution is -0.117. The zero-order chi connectivity index (χ0) is 19.7. The van der Waals surface area contributed by atoms with Gasteiger partial charge >= 0.3 is 0 Å². The molecule has 1 aliphatic carbocycles. The summed E-state index contributed by atoms with van der Waals surface area (Å²) in [6.07, 6.45) is 3.46. The van der Waals surface area contributed by atoms with Crippen molar-refractivity contribution in [3.05, 3.63) is 71.0 Å². The van der Waals surface area contributed by atoms with Crippen molar-refractivity contribution < 1.29 is 9.59 Å². The van der Waals surface area contributed by atoms with Gasteiger partial charge in [0.1, 0.15) is 0 Å². The second kappa shape index (κ2) is 7.48. The molecule has 6 nitrogen and oxygen atoms in total. The molecule has 1 heterocycles. The highest BCUT2D eigenvalue weighted by Crippen LogP contribution is 2.30. The molecule has 28 heavy (non-hydrogen) atoms. The molecule has 7 heteroatoms. The largest absolute Gasteiger partial charge is 0.326 e. The number of aromatic nitrogens is 2. The Hall–Kier alpha value is -3.12. The summed E-state index contributed by atoms with van der Waals surface area (Å²) in [5.74, 6) is -0.0419. The Labute approximate surface area is 167 Å². The fourth-order valence-electron chi connectivity index (χ4n) is 2.93. The molecule has 1 fully saturated rings. The highest BCUT2D eigenvalue weighted by molar-refractivity contribution is 6.30. The minimum atomic E-state index is -0.249. The third-order valence-electron chi connectivity index (χ3n) is 4.67. The lowest BCUT2D eigenvalue weighted by Crippen LogP contribution is -2.14. The molecule has 0 saturated heterocycles. The van der Waals surface area contributed by atoms with E-state index in [9.17, 15) is 9.59 Å². The number of hydrogen-bond acceptors (Lipinski definition) is 3. The number of halogens is 1. The van der Waals surface area contributed by atoms with E-state index in [0.29, 0.717) is 22.0 Å². The molecule has 1 saturated carbocycles. The lowest BCUT2D eigenvalue weighted by atomic mass is 10.2. The summed E-state index contributed by atoms with van der Waals surface area (Å²) >= 11 is 6.04. The SMILES string of the molecule is Cc1c(C(=O)Nc2ccc(NC(=O)C3CC3)cc2)cnn1-c1cccc(Cl)c1. The van der Waals surface area contributed by atoms with Crippen LogP contribution in [0.15, 0.2) is 54.7 Å². The fourth-order valence-corrected chi connectivity index (χ4v) is 3.11. The molecule has 2 aromatic carbocycles. The Bertz CT molecular complexity index is 1040. The molecule has 0 aliphatic heterocycles. The van der Waals surface area contributed by atoms with Gasteiger partial charge < -0.3 is 10.6 Å². The van der Waals surface area contributed by atoms with E-state index in [2.05, 4.69) is 15.7 Å². The Kier molecular flexibility index (Phi) is 4.88. The van der Waals surface area contributed by atoms with Gasteiger partial charge in [0.05, 0.1) is 23.1 Å². The van der Waals surface area contributed by atoms with Crippen molar-refractivity contribution in [3.63, 3.8) is 0 Å². The Morgan fingerprint density at radius 2 is 1.75 bits per heavy atom. The molecule has 2 N–H and O–H groups in total. The number of carbonyl (C=O) groups is 2. The predicted molar refractivity (Wildman–Crippen MR) is 109 cm³/mol. The van der Waals surface area contributed by atoms with Crippen molar-refractivity contribution in [1.82, 2.24) is 9.78 Å². The Morgan fingerprint density at radius 3 is 2.39 bits per heavy atom. The number of nitrogens with one attached hydrogen (secondary N) is 2. The minimum Gasteiger partial charge on any atom is -0.326 e. The molecule has 1 aliphatic rings. The molecule has 0 unspecified atom stereocenters. The normalized spacial score (nSPS) is 13.2. The zero-order valence-corrected chi connectivity index (χ0v) is 16.0. The second-order valence-electron chi connectivity index (χ2n) is 6.83. The smallest absolute Gasteiger partial charge is 0.259 e. The summed E-state index contributed by atoms with van der Waals surface area (Å²) in [7, 11) is 0. The van der Waals surface area contributed by atoms with Gasteiger partial charge in [0.15, 0.2) is 0 Å². The molecule has 3 aromatic rings. The number of anilines is 2. The third kappa shape index (κ3) is 3.92. The van der Waals surface area contributed by atoms with Gasteiger partial charge in [-0.05, 0) is 62.2 Å². The Morgan fingerprint density at radius 1 is 1.07 bits per heavy atom. The third-order valence-corrected chi connectivity index (χ3v) is 4.90. The molecular weight excluding hydrogens is 376 g/mol. The molecule has 0 atom stereocenters.